The van der Waals surface area contributed by atoms with Crippen molar-refractivity contribution in [1.82, 2.24) is 9.80 Å². The minimum Gasteiger partial charge on any atom is -0.398 e. The van der Waals surface area contributed by atoms with Crippen LogP contribution in [0.5, 0.6) is 0 Å². The van der Waals surface area contributed by atoms with E-state index in [2.05, 4.69) is 4.90 Å². The maximum Gasteiger partial charge on any atom is 0.256 e. The van der Waals surface area contributed by atoms with E-state index in [1.165, 1.54) is 12.1 Å². The number of hydrogen-bond donors (Lipinski definition) is 2. The molecular formula is C13H18FN3O2. The van der Waals surface area contributed by atoms with E-state index in [0.29, 0.717) is 25.2 Å². The number of aliphatic hydroxyl groups excluding tert-OH is 1. The number of carbonyl (C=O) groups excluding carboxylic acids is 1. The summed E-state index contributed by atoms with van der Waals surface area (Å²) < 4.78 is 13.0. The van der Waals surface area contributed by atoms with Gasteiger partial charge in [-0.25, -0.2) is 4.39 Å². The van der Waals surface area contributed by atoms with Crippen LogP contribution in [0.4, 0.5) is 10.1 Å². The van der Waals surface area contributed by atoms with Crippen molar-refractivity contribution in [3.05, 3.63) is 29.6 Å². The van der Waals surface area contributed by atoms with Crippen molar-refractivity contribution in [3.8, 4) is 0 Å². The Bertz CT molecular complexity index is 459. The van der Waals surface area contributed by atoms with Crippen LogP contribution in [0.15, 0.2) is 18.2 Å². The quantitative estimate of drug-likeness (QED) is 0.765. The van der Waals surface area contributed by atoms with Gasteiger partial charge < -0.3 is 15.7 Å². The summed E-state index contributed by atoms with van der Waals surface area (Å²) in [5.41, 5.74) is 6.19. The van der Waals surface area contributed by atoms with Gasteiger partial charge in [-0.15, -0.1) is 0 Å². The number of amides is 1. The van der Waals surface area contributed by atoms with Gasteiger partial charge in [0.25, 0.3) is 5.91 Å². The van der Waals surface area contributed by atoms with E-state index in [1.54, 1.807) is 4.90 Å². The van der Waals surface area contributed by atoms with Gasteiger partial charge in [0.2, 0.25) is 0 Å². The highest BCUT2D eigenvalue weighted by Gasteiger charge is 2.23. The number of rotatable bonds is 3. The van der Waals surface area contributed by atoms with Crippen molar-refractivity contribution in [1.29, 1.82) is 0 Å². The maximum atomic E-state index is 13.0. The Hall–Kier alpha value is -1.66. The highest BCUT2D eigenvalue weighted by atomic mass is 19.1. The molecule has 0 unspecified atom stereocenters. The topological polar surface area (TPSA) is 69.8 Å². The zero-order valence-corrected chi connectivity index (χ0v) is 10.7. The van der Waals surface area contributed by atoms with Crippen LogP contribution in [0.25, 0.3) is 0 Å². The van der Waals surface area contributed by atoms with Crippen LogP contribution in [0, 0.1) is 5.82 Å². The molecule has 2 rings (SSSR count). The van der Waals surface area contributed by atoms with Crippen LogP contribution in [0.2, 0.25) is 0 Å². The van der Waals surface area contributed by atoms with E-state index >= 15 is 0 Å². The third-order valence-electron chi connectivity index (χ3n) is 3.32. The molecule has 19 heavy (non-hydrogen) atoms. The fourth-order valence-electron chi connectivity index (χ4n) is 2.21. The van der Waals surface area contributed by atoms with Crippen LogP contribution in [-0.4, -0.2) is 60.1 Å². The van der Waals surface area contributed by atoms with E-state index in [-0.39, 0.29) is 18.2 Å². The van der Waals surface area contributed by atoms with E-state index in [0.717, 1.165) is 19.2 Å². The molecule has 3 N–H and O–H groups in total. The fraction of sp³-hybridized carbons (Fsp3) is 0.462. The molecule has 104 valence electrons. The number of aliphatic hydroxyl groups is 1. The predicted molar refractivity (Wildman–Crippen MR) is 70.2 cm³/mol. The van der Waals surface area contributed by atoms with E-state index < -0.39 is 5.82 Å². The summed E-state index contributed by atoms with van der Waals surface area (Å²) in [5.74, 6) is -0.608. The third kappa shape index (κ3) is 3.21. The average molecular weight is 267 g/mol. The molecule has 1 aromatic rings. The number of benzene rings is 1. The molecule has 0 atom stereocenters. The fourth-order valence-corrected chi connectivity index (χ4v) is 2.21. The predicted octanol–water partition coefficient (Wildman–Crippen LogP) is 0.158. The van der Waals surface area contributed by atoms with Crippen LogP contribution in [-0.2, 0) is 0 Å². The first-order valence-electron chi connectivity index (χ1n) is 6.29. The smallest absolute Gasteiger partial charge is 0.256 e. The van der Waals surface area contributed by atoms with Gasteiger partial charge in [0.15, 0.2) is 0 Å². The summed E-state index contributed by atoms with van der Waals surface area (Å²) in [6.07, 6.45) is 0. The Labute approximate surface area is 111 Å². The number of anilines is 1. The molecule has 0 aliphatic carbocycles. The van der Waals surface area contributed by atoms with Gasteiger partial charge >= 0.3 is 0 Å². The molecular weight excluding hydrogens is 249 g/mol. The highest BCUT2D eigenvalue weighted by Crippen LogP contribution is 2.16. The number of piperazine rings is 1. The minimum atomic E-state index is -0.443. The molecule has 1 aliphatic rings. The molecule has 6 heteroatoms. The van der Waals surface area contributed by atoms with Crippen molar-refractivity contribution in [2.45, 2.75) is 0 Å². The van der Waals surface area contributed by atoms with Crippen LogP contribution in [0.1, 0.15) is 10.4 Å². The Morgan fingerprint density at radius 2 is 2.00 bits per heavy atom. The lowest BCUT2D eigenvalue weighted by Gasteiger charge is -2.34. The highest BCUT2D eigenvalue weighted by molar-refractivity contribution is 5.99. The lowest BCUT2D eigenvalue weighted by atomic mass is 10.1. The maximum absolute atomic E-state index is 13.0. The normalized spacial score (nSPS) is 16.6. The van der Waals surface area contributed by atoms with Gasteiger partial charge in [0, 0.05) is 38.4 Å². The minimum absolute atomic E-state index is 0.124. The standard InChI is InChI=1S/C13H18FN3O2/c14-10-1-2-11(12(15)9-10)13(19)17-5-3-16(4-6-17)7-8-18/h1-2,9,18H,3-8,15H2. The lowest BCUT2D eigenvalue weighted by Crippen LogP contribution is -2.49. The molecule has 0 bridgehead atoms. The van der Waals surface area contributed by atoms with E-state index in [4.69, 9.17) is 10.8 Å². The molecule has 5 nitrogen and oxygen atoms in total. The van der Waals surface area contributed by atoms with Gasteiger partial charge in [-0.3, -0.25) is 9.69 Å². The molecule has 1 amide bonds. The Morgan fingerprint density at radius 1 is 1.32 bits per heavy atom. The molecule has 1 saturated heterocycles. The summed E-state index contributed by atoms with van der Waals surface area (Å²) >= 11 is 0. The molecule has 0 aromatic heterocycles. The van der Waals surface area contributed by atoms with E-state index in [1.807, 2.05) is 0 Å². The molecule has 0 spiro atoms. The van der Waals surface area contributed by atoms with Crippen molar-refractivity contribution < 1.29 is 14.3 Å². The largest absolute Gasteiger partial charge is 0.398 e. The monoisotopic (exact) mass is 267 g/mol. The summed E-state index contributed by atoms with van der Waals surface area (Å²) in [6.45, 7) is 3.39. The van der Waals surface area contributed by atoms with Gasteiger partial charge in [-0.1, -0.05) is 0 Å². The molecule has 1 fully saturated rings. The van der Waals surface area contributed by atoms with Crippen molar-refractivity contribution >= 4 is 11.6 Å². The number of nitrogen functional groups attached to an aromatic ring is 1. The van der Waals surface area contributed by atoms with Crippen LogP contribution in [0.3, 0.4) is 0 Å². The second kappa shape index (κ2) is 5.99. The molecule has 0 radical (unpaired) electrons. The summed E-state index contributed by atoms with van der Waals surface area (Å²) in [5, 5.41) is 8.86. The number of hydrogen-bond acceptors (Lipinski definition) is 4. The molecule has 1 aliphatic heterocycles. The van der Waals surface area contributed by atoms with Crippen molar-refractivity contribution in [2.24, 2.45) is 0 Å². The second-order valence-electron chi connectivity index (χ2n) is 4.59. The van der Waals surface area contributed by atoms with Gasteiger partial charge in [-0.05, 0) is 18.2 Å². The van der Waals surface area contributed by atoms with Crippen LogP contribution < -0.4 is 5.73 Å². The number of halogens is 1. The van der Waals surface area contributed by atoms with Gasteiger partial charge in [-0.2, -0.15) is 0 Å². The zero-order valence-electron chi connectivity index (χ0n) is 10.7. The first-order valence-corrected chi connectivity index (χ1v) is 6.29. The second-order valence-corrected chi connectivity index (χ2v) is 4.59. The Morgan fingerprint density at radius 3 is 2.58 bits per heavy atom. The lowest BCUT2D eigenvalue weighted by molar-refractivity contribution is 0.0616. The molecule has 1 heterocycles. The first kappa shape index (κ1) is 13.8. The molecule has 1 aromatic carbocycles. The average Bonchev–Trinajstić information content (AvgIpc) is 2.39. The number of β-amino-alcohol motifs (C(OH)–C–C–N with tert-alkyl or cyclic N) is 1. The molecule has 0 saturated carbocycles. The summed E-state index contributed by atoms with van der Waals surface area (Å²) in [6, 6.07) is 3.83. The summed E-state index contributed by atoms with van der Waals surface area (Å²) in [4.78, 5) is 16.1. The number of nitrogens with two attached hydrogens (primary N) is 1. The SMILES string of the molecule is Nc1cc(F)ccc1C(=O)N1CCN(CCO)CC1. The van der Waals surface area contributed by atoms with Gasteiger partial charge in [0.1, 0.15) is 5.82 Å². The van der Waals surface area contributed by atoms with Crippen molar-refractivity contribution in [2.75, 3.05) is 45.1 Å². The van der Waals surface area contributed by atoms with Gasteiger partial charge in [0.05, 0.1) is 12.2 Å². The zero-order chi connectivity index (χ0) is 13.8. The van der Waals surface area contributed by atoms with E-state index in [9.17, 15) is 9.18 Å². The number of carbonyl (C=O) groups is 1. The van der Waals surface area contributed by atoms with Crippen LogP contribution >= 0.6 is 0 Å². The first-order chi connectivity index (χ1) is 9.11. The Kier molecular flexibility index (Phi) is 4.34. The Balaban J connectivity index is 2.01. The third-order valence-corrected chi connectivity index (χ3v) is 3.32. The summed E-state index contributed by atoms with van der Waals surface area (Å²) in [7, 11) is 0. The van der Waals surface area contributed by atoms with Crippen molar-refractivity contribution in [3.63, 3.8) is 0 Å². The number of nitrogens with zero attached hydrogens (tertiary/aromatic N) is 2.